The smallest absolute Gasteiger partial charge is 0.239 e. The van der Waals surface area contributed by atoms with Gasteiger partial charge in [0.2, 0.25) is 5.91 Å². The zero-order valence-electron chi connectivity index (χ0n) is 11.6. The number of amides is 1. The zero-order valence-corrected chi connectivity index (χ0v) is 11.6. The van der Waals surface area contributed by atoms with Gasteiger partial charge in [0.25, 0.3) is 0 Å². The molecule has 3 nitrogen and oxygen atoms in total. The molecule has 2 N–H and O–H groups in total. The first-order valence-electron chi connectivity index (χ1n) is 7.62. The Morgan fingerprint density at radius 2 is 1.67 bits per heavy atom. The molecule has 0 spiro atoms. The fourth-order valence-corrected chi connectivity index (χ4v) is 5.11. The molecule has 0 aromatic carbocycles. The summed E-state index contributed by atoms with van der Waals surface area (Å²) in [5, 5.41) is 0. The maximum atomic E-state index is 12.3. The summed E-state index contributed by atoms with van der Waals surface area (Å²) in [7, 11) is 1.99. The third kappa shape index (κ3) is 1.87. The normalized spacial score (nSPS) is 42.9. The first-order chi connectivity index (χ1) is 8.60. The SMILES string of the molecule is CC[C@H](N)C(=O)N(C)C1C2CC3CC(C2)CC1C3. The van der Waals surface area contributed by atoms with E-state index in [1.807, 2.05) is 18.9 Å². The minimum atomic E-state index is -0.299. The standard InChI is InChI=1S/C15H26N2O/c1-3-13(16)15(18)17(2)14-11-5-9-4-10(7-11)8-12(14)6-9/h9-14H,3-8,16H2,1-2H3/t9?,10?,11?,12?,13-,14?/m0/s1. The number of rotatable bonds is 3. The molecule has 1 amide bonds. The number of carbonyl (C=O) groups excluding carboxylic acids is 1. The molecule has 0 aliphatic heterocycles. The van der Waals surface area contributed by atoms with Crippen LogP contribution in [-0.4, -0.2) is 29.9 Å². The molecule has 1 atom stereocenters. The molecule has 4 fully saturated rings. The number of carbonyl (C=O) groups is 1. The minimum absolute atomic E-state index is 0.162. The summed E-state index contributed by atoms with van der Waals surface area (Å²) in [4.78, 5) is 14.3. The van der Waals surface area contributed by atoms with E-state index in [-0.39, 0.29) is 11.9 Å². The molecule has 3 heteroatoms. The maximum absolute atomic E-state index is 12.3. The Kier molecular flexibility index (Phi) is 3.13. The summed E-state index contributed by atoms with van der Waals surface area (Å²) in [6.07, 6.45) is 7.64. The van der Waals surface area contributed by atoms with Gasteiger partial charge in [0.1, 0.15) is 0 Å². The summed E-state index contributed by atoms with van der Waals surface area (Å²) in [5.41, 5.74) is 5.92. The van der Waals surface area contributed by atoms with Crippen molar-refractivity contribution in [2.45, 2.75) is 57.5 Å². The fourth-order valence-electron chi connectivity index (χ4n) is 5.11. The molecule has 0 aromatic heterocycles. The molecule has 0 aromatic rings. The van der Waals surface area contributed by atoms with Gasteiger partial charge in [-0.2, -0.15) is 0 Å². The number of hydrogen-bond acceptors (Lipinski definition) is 2. The van der Waals surface area contributed by atoms with Crippen LogP contribution in [0.3, 0.4) is 0 Å². The van der Waals surface area contributed by atoms with Gasteiger partial charge >= 0.3 is 0 Å². The van der Waals surface area contributed by atoms with Crippen molar-refractivity contribution < 1.29 is 4.79 Å². The van der Waals surface area contributed by atoms with Crippen LogP contribution in [0.2, 0.25) is 0 Å². The van der Waals surface area contributed by atoms with Crippen molar-refractivity contribution in [3.05, 3.63) is 0 Å². The lowest BCUT2D eigenvalue weighted by atomic mass is 9.54. The van der Waals surface area contributed by atoms with Crippen LogP contribution < -0.4 is 5.73 Å². The van der Waals surface area contributed by atoms with E-state index >= 15 is 0 Å². The van der Waals surface area contributed by atoms with Gasteiger partial charge in [-0.3, -0.25) is 4.79 Å². The summed E-state index contributed by atoms with van der Waals surface area (Å²) >= 11 is 0. The van der Waals surface area contributed by atoms with Gasteiger partial charge in [-0.05, 0) is 62.2 Å². The van der Waals surface area contributed by atoms with Crippen LogP contribution in [0.25, 0.3) is 0 Å². The van der Waals surface area contributed by atoms with Crippen LogP contribution in [-0.2, 0) is 4.79 Å². The predicted octanol–water partition coefficient (Wildman–Crippen LogP) is 2.01. The van der Waals surface area contributed by atoms with E-state index in [0.717, 1.165) is 30.1 Å². The predicted molar refractivity (Wildman–Crippen MR) is 71.9 cm³/mol. The second-order valence-electron chi connectivity index (χ2n) is 6.89. The fraction of sp³-hybridized carbons (Fsp3) is 0.933. The van der Waals surface area contributed by atoms with E-state index in [2.05, 4.69) is 0 Å². The molecule has 4 saturated carbocycles. The quantitative estimate of drug-likeness (QED) is 0.833. The number of nitrogens with two attached hydrogens (primary N) is 1. The highest BCUT2D eigenvalue weighted by atomic mass is 16.2. The van der Waals surface area contributed by atoms with Gasteiger partial charge in [-0.25, -0.2) is 0 Å². The van der Waals surface area contributed by atoms with Crippen LogP contribution in [0.1, 0.15) is 45.4 Å². The van der Waals surface area contributed by atoms with Crippen molar-refractivity contribution in [2.24, 2.45) is 29.4 Å². The molecule has 4 bridgehead atoms. The Morgan fingerprint density at radius 1 is 1.17 bits per heavy atom. The van der Waals surface area contributed by atoms with E-state index < -0.39 is 0 Å². The Morgan fingerprint density at radius 3 is 2.11 bits per heavy atom. The Balaban J connectivity index is 1.74. The first kappa shape index (κ1) is 12.5. The number of hydrogen-bond donors (Lipinski definition) is 1. The third-order valence-electron chi connectivity index (χ3n) is 5.73. The zero-order chi connectivity index (χ0) is 12.9. The Hall–Kier alpha value is -0.570. The molecule has 102 valence electrons. The van der Waals surface area contributed by atoms with Crippen LogP contribution in [0.4, 0.5) is 0 Å². The lowest BCUT2D eigenvalue weighted by Crippen LogP contribution is -2.58. The second kappa shape index (κ2) is 4.52. The molecular weight excluding hydrogens is 224 g/mol. The van der Waals surface area contributed by atoms with Gasteiger partial charge in [0.05, 0.1) is 6.04 Å². The lowest BCUT2D eigenvalue weighted by Gasteiger charge is -2.56. The molecule has 18 heavy (non-hydrogen) atoms. The van der Waals surface area contributed by atoms with E-state index in [9.17, 15) is 4.79 Å². The lowest BCUT2D eigenvalue weighted by molar-refractivity contribution is -0.142. The van der Waals surface area contributed by atoms with E-state index in [1.165, 1.54) is 32.1 Å². The van der Waals surface area contributed by atoms with Crippen molar-refractivity contribution in [1.82, 2.24) is 4.90 Å². The highest BCUT2D eigenvalue weighted by Crippen LogP contribution is 2.54. The maximum Gasteiger partial charge on any atom is 0.239 e. The molecule has 0 saturated heterocycles. The third-order valence-corrected chi connectivity index (χ3v) is 5.73. The first-order valence-corrected chi connectivity index (χ1v) is 7.62. The molecular formula is C15H26N2O. The van der Waals surface area contributed by atoms with Crippen LogP contribution >= 0.6 is 0 Å². The van der Waals surface area contributed by atoms with Gasteiger partial charge in [0.15, 0.2) is 0 Å². The van der Waals surface area contributed by atoms with Gasteiger partial charge in [0, 0.05) is 13.1 Å². The van der Waals surface area contributed by atoms with Gasteiger partial charge in [-0.15, -0.1) is 0 Å². The van der Waals surface area contributed by atoms with Crippen molar-refractivity contribution >= 4 is 5.91 Å². The van der Waals surface area contributed by atoms with Crippen molar-refractivity contribution in [3.63, 3.8) is 0 Å². The molecule has 4 aliphatic carbocycles. The van der Waals surface area contributed by atoms with E-state index in [1.54, 1.807) is 0 Å². The van der Waals surface area contributed by atoms with Gasteiger partial charge in [-0.1, -0.05) is 6.92 Å². The topological polar surface area (TPSA) is 46.3 Å². The Labute approximate surface area is 110 Å². The summed E-state index contributed by atoms with van der Waals surface area (Å²) < 4.78 is 0. The second-order valence-corrected chi connectivity index (χ2v) is 6.89. The average molecular weight is 250 g/mol. The summed E-state index contributed by atoms with van der Waals surface area (Å²) in [6, 6.07) is 0.190. The average Bonchev–Trinajstić information content (AvgIpc) is 2.35. The number of nitrogens with zero attached hydrogens (tertiary/aromatic N) is 1. The Bertz CT molecular complexity index is 313. The van der Waals surface area contributed by atoms with E-state index in [4.69, 9.17) is 5.73 Å². The van der Waals surface area contributed by atoms with Crippen LogP contribution in [0.15, 0.2) is 0 Å². The molecule has 4 rings (SSSR count). The van der Waals surface area contributed by atoms with Crippen molar-refractivity contribution in [2.75, 3.05) is 7.05 Å². The number of likely N-dealkylation sites (N-methyl/N-ethyl adjacent to an activating group) is 1. The van der Waals surface area contributed by atoms with Gasteiger partial charge < -0.3 is 10.6 Å². The van der Waals surface area contributed by atoms with Crippen LogP contribution in [0, 0.1) is 23.7 Å². The largest absolute Gasteiger partial charge is 0.341 e. The monoisotopic (exact) mass is 250 g/mol. The highest BCUT2D eigenvalue weighted by Gasteiger charge is 2.50. The van der Waals surface area contributed by atoms with Crippen molar-refractivity contribution in [3.8, 4) is 0 Å². The highest BCUT2D eigenvalue weighted by molar-refractivity contribution is 5.81. The van der Waals surface area contributed by atoms with Crippen LogP contribution in [0.5, 0.6) is 0 Å². The molecule has 4 aliphatic rings. The molecule has 0 unspecified atom stereocenters. The molecule has 0 heterocycles. The summed E-state index contributed by atoms with van der Waals surface area (Å²) in [5.74, 6) is 3.62. The van der Waals surface area contributed by atoms with E-state index in [0.29, 0.717) is 6.04 Å². The van der Waals surface area contributed by atoms with Crippen molar-refractivity contribution in [1.29, 1.82) is 0 Å². The summed E-state index contributed by atoms with van der Waals surface area (Å²) in [6.45, 7) is 1.99. The molecule has 0 radical (unpaired) electrons. The minimum Gasteiger partial charge on any atom is -0.341 e.